The fourth-order valence-corrected chi connectivity index (χ4v) is 8.44. The number of hydrogen-bond donors (Lipinski definition) is 1. The highest BCUT2D eigenvalue weighted by Gasteiger charge is 2.22. The second-order valence-electron chi connectivity index (χ2n) is 13.9. The van der Waals surface area contributed by atoms with Gasteiger partial charge in [0.2, 0.25) is 0 Å². The lowest BCUT2D eigenvalue weighted by Crippen LogP contribution is -1.93. The van der Waals surface area contributed by atoms with E-state index in [1.54, 1.807) is 24.7 Å². The summed E-state index contributed by atoms with van der Waals surface area (Å²) in [5.74, 6) is 0.691. The third-order valence-corrected chi connectivity index (χ3v) is 11.1. The molecule has 56 heavy (non-hydrogen) atoms. The topological polar surface area (TPSA) is 64.3 Å². The number of nitrogens with one attached hydrogen (secondary N) is 1. The first kappa shape index (κ1) is 32.2. The first-order valence-corrected chi connectivity index (χ1v) is 18.9. The van der Waals surface area contributed by atoms with Crippen molar-refractivity contribution in [2.75, 3.05) is 0 Å². The van der Waals surface area contributed by atoms with Crippen LogP contribution in [0.3, 0.4) is 0 Å². The van der Waals surface area contributed by atoms with Crippen LogP contribution >= 0.6 is 11.6 Å². The molecule has 0 saturated heterocycles. The molecule has 0 radical (unpaired) electrons. The minimum atomic E-state index is 0.576. The van der Waals surface area contributed by atoms with E-state index in [4.69, 9.17) is 21.6 Å². The second-order valence-corrected chi connectivity index (χ2v) is 14.3. The number of halogens is 1. The summed E-state index contributed by atoms with van der Waals surface area (Å²) >= 11 is 6.73. The van der Waals surface area contributed by atoms with E-state index in [1.807, 2.05) is 12.1 Å². The second kappa shape index (κ2) is 12.9. The van der Waals surface area contributed by atoms with Gasteiger partial charge in [-0.1, -0.05) is 96.5 Å². The lowest BCUT2D eigenvalue weighted by atomic mass is 10.0. The number of rotatable bonds is 6. The molecule has 6 aromatic carbocycles. The van der Waals surface area contributed by atoms with Crippen LogP contribution in [0.4, 0.5) is 0 Å². The Labute approximate surface area is 327 Å². The summed E-state index contributed by atoms with van der Waals surface area (Å²) in [5, 5.41) is 5.26. The first-order valence-electron chi connectivity index (χ1n) is 18.5. The molecule has 5 heterocycles. The molecule has 5 aromatic heterocycles. The SMILES string of the molecule is Clc1ccncc1-c1ncccc1-c1nc(-c2ccc3c(c2)c2ccccc2n3-c2ccccc2)c(-c2ccc3c(c2)c2ccccc2n3-c2ccccc2)[nH]1. The van der Waals surface area contributed by atoms with E-state index >= 15 is 0 Å². The first-order chi connectivity index (χ1) is 27.7. The Hall–Kier alpha value is -7.28. The minimum absolute atomic E-state index is 0.576. The standard InChI is InChI=1S/C49H31ClN6/c50-41-25-27-51-30-40(41)48-37(18-11-26-52-48)49-53-46(31-21-23-44-38(28-31)35-16-7-9-19-42(35)55(44)33-12-3-1-4-13-33)47(54-49)32-22-24-45-39(29-32)36-17-8-10-20-43(36)56(45)34-14-5-2-6-15-34/h1-30H,(H,53,54). The number of pyridine rings is 2. The number of para-hydroxylation sites is 4. The van der Waals surface area contributed by atoms with Gasteiger partial charge in [0.25, 0.3) is 0 Å². The Bertz CT molecular complexity index is 3090. The summed E-state index contributed by atoms with van der Waals surface area (Å²) in [5.41, 5.74) is 12.9. The van der Waals surface area contributed by atoms with Crippen molar-refractivity contribution < 1.29 is 0 Å². The van der Waals surface area contributed by atoms with E-state index in [0.717, 1.165) is 77.9 Å². The Morgan fingerprint density at radius 2 is 1.04 bits per heavy atom. The molecule has 0 aliphatic heterocycles. The minimum Gasteiger partial charge on any atom is -0.337 e. The van der Waals surface area contributed by atoms with Crippen LogP contribution in [0.1, 0.15) is 0 Å². The lowest BCUT2D eigenvalue weighted by molar-refractivity contribution is 1.18. The Kier molecular flexibility index (Phi) is 7.43. The van der Waals surface area contributed by atoms with Crippen molar-refractivity contribution in [3.05, 3.63) is 187 Å². The van der Waals surface area contributed by atoms with E-state index in [1.165, 1.54) is 10.8 Å². The molecule has 7 heteroatoms. The molecule has 0 unspecified atom stereocenters. The average Bonchev–Trinajstić information content (AvgIpc) is 3.95. The number of H-pyrrole nitrogens is 1. The summed E-state index contributed by atoms with van der Waals surface area (Å²) in [6.07, 6.45) is 5.22. The molecule has 11 aromatic rings. The van der Waals surface area contributed by atoms with E-state index in [2.05, 4.69) is 165 Å². The molecule has 0 spiro atoms. The molecule has 264 valence electrons. The van der Waals surface area contributed by atoms with Gasteiger partial charge < -0.3 is 14.1 Å². The van der Waals surface area contributed by atoms with Crippen LogP contribution in [0.5, 0.6) is 0 Å². The molecule has 0 fully saturated rings. The highest BCUT2D eigenvalue weighted by molar-refractivity contribution is 6.33. The van der Waals surface area contributed by atoms with Crippen LogP contribution in [0.25, 0.3) is 100 Å². The van der Waals surface area contributed by atoms with Gasteiger partial charge in [0.1, 0.15) is 5.82 Å². The van der Waals surface area contributed by atoms with Gasteiger partial charge >= 0.3 is 0 Å². The Morgan fingerprint density at radius 3 is 1.68 bits per heavy atom. The van der Waals surface area contributed by atoms with Gasteiger partial charge in [-0.25, -0.2) is 4.98 Å². The monoisotopic (exact) mass is 738 g/mol. The molecule has 0 aliphatic carbocycles. The molecule has 6 nitrogen and oxygen atoms in total. The van der Waals surface area contributed by atoms with Crippen molar-refractivity contribution in [2.45, 2.75) is 0 Å². The number of aromatic nitrogens is 6. The van der Waals surface area contributed by atoms with Crippen LogP contribution in [-0.2, 0) is 0 Å². The smallest absolute Gasteiger partial charge is 0.140 e. The molecule has 0 bridgehead atoms. The predicted octanol–water partition coefficient (Wildman–Crippen LogP) is 12.7. The summed E-state index contributed by atoms with van der Waals surface area (Å²) in [7, 11) is 0. The Balaban J connectivity index is 1.16. The maximum atomic E-state index is 6.73. The van der Waals surface area contributed by atoms with Crippen molar-refractivity contribution in [3.8, 4) is 56.5 Å². The predicted molar refractivity (Wildman–Crippen MR) is 230 cm³/mol. The number of fused-ring (bicyclic) bond motifs is 6. The van der Waals surface area contributed by atoms with Gasteiger partial charge in [-0.15, -0.1) is 0 Å². The van der Waals surface area contributed by atoms with Gasteiger partial charge in [-0.3, -0.25) is 9.97 Å². The van der Waals surface area contributed by atoms with E-state index in [-0.39, 0.29) is 0 Å². The zero-order valence-corrected chi connectivity index (χ0v) is 30.7. The van der Waals surface area contributed by atoms with Crippen molar-refractivity contribution in [1.82, 2.24) is 29.1 Å². The normalized spacial score (nSPS) is 11.7. The van der Waals surface area contributed by atoms with Crippen LogP contribution < -0.4 is 0 Å². The average molecular weight is 739 g/mol. The van der Waals surface area contributed by atoms with Gasteiger partial charge in [0.05, 0.1) is 44.2 Å². The maximum Gasteiger partial charge on any atom is 0.140 e. The molecule has 0 atom stereocenters. The highest BCUT2D eigenvalue weighted by atomic mass is 35.5. The molecule has 0 aliphatic rings. The van der Waals surface area contributed by atoms with E-state index < -0.39 is 0 Å². The zero-order chi connectivity index (χ0) is 37.2. The van der Waals surface area contributed by atoms with Crippen LogP contribution in [0.2, 0.25) is 5.02 Å². The van der Waals surface area contributed by atoms with Crippen LogP contribution in [0, 0.1) is 0 Å². The van der Waals surface area contributed by atoms with Gasteiger partial charge in [0, 0.05) is 73.8 Å². The number of aromatic amines is 1. The van der Waals surface area contributed by atoms with Gasteiger partial charge in [-0.05, 0) is 78.9 Å². The molecule has 11 rings (SSSR count). The largest absolute Gasteiger partial charge is 0.337 e. The van der Waals surface area contributed by atoms with E-state index in [0.29, 0.717) is 16.5 Å². The van der Waals surface area contributed by atoms with Crippen molar-refractivity contribution in [3.63, 3.8) is 0 Å². The van der Waals surface area contributed by atoms with Crippen molar-refractivity contribution in [2.24, 2.45) is 0 Å². The molecule has 0 amide bonds. The zero-order valence-electron chi connectivity index (χ0n) is 29.9. The summed E-state index contributed by atoms with van der Waals surface area (Å²) in [6, 6.07) is 57.4. The number of hydrogen-bond acceptors (Lipinski definition) is 3. The van der Waals surface area contributed by atoms with Gasteiger partial charge in [-0.2, -0.15) is 0 Å². The fourth-order valence-electron chi connectivity index (χ4n) is 8.24. The Morgan fingerprint density at radius 1 is 0.464 bits per heavy atom. The number of nitrogens with zero attached hydrogens (tertiary/aromatic N) is 5. The van der Waals surface area contributed by atoms with E-state index in [9.17, 15) is 0 Å². The molecular weight excluding hydrogens is 708 g/mol. The van der Waals surface area contributed by atoms with Gasteiger partial charge in [0.15, 0.2) is 0 Å². The number of imidazole rings is 1. The maximum absolute atomic E-state index is 6.73. The molecule has 1 N–H and O–H groups in total. The summed E-state index contributed by atoms with van der Waals surface area (Å²) in [6.45, 7) is 0. The summed E-state index contributed by atoms with van der Waals surface area (Å²) in [4.78, 5) is 18.4. The van der Waals surface area contributed by atoms with Crippen molar-refractivity contribution in [1.29, 1.82) is 0 Å². The number of benzene rings is 6. The third-order valence-electron chi connectivity index (χ3n) is 10.7. The quantitative estimate of drug-likeness (QED) is 0.185. The molecular formula is C49H31ClN6. The fraction of sp³-hybridized carbons (Fsp3) is 0. The third kappa shape index (κ3) is 5.08. The molecule has 0 saturated carbocycles. The summed E-state index contributed by atoms with van der Waals surface area (Å²) < 4.78 is 4.67. The lowest BCUT2D eigenvalue weighted by Gasteiger charge is -2.09. The van der Waals surface area contributed by atoms with Crippen LogP contribution in [0.15, 0.2) is 182 Å². The van der Waals surface area contributed by atoms with Crippen LogP contribution in [-0.4, -0.2) is 29.1 Å². The highest BCUT2D eigenvalue weighted by Crippen LogP contribution is 2.42. The van der Waals surface area contributed by atoms with Crippen molar-refractivity contribution >= 4 is 55.2 Å².